The predicted octanol–water partition coefficient (Wildman–Crippen LogP) is 12.2. The zero-order valence-corrected chi connectivity index (χ0v) is 26.6. The van der Waals surface area contributed by atoms with E-state index in [1.165, 1.54) is 62.8 Å². The van der Waals surface area contributed by atoms with E-state index in [9.17, 15) is 0 Å². The van der Waals surface area contributed by atoms with Crippen molar-refractivity contribution < 1.29 is 0 Å². The van der Waals surface area contributed by atoms with Crippen molar-refractivity contribution in [2.45, 2.75) is 0 Å². The zero-order chi connectivity index (χ0) is 30.6. The van der Waals surface area contributed by atoms with Crippen LogP contribution >= 0.6 is 22.7 Å². The molecule has 0 radical (unpaired) electrons. The first-order valence-electron chi connectivity index (χ1n) is 15.8. The third-order valence-electron chi connectivity index (χ3n) is 9.59. The van der Waals surface area contributed by atoms with Crippen LogP contribution in [-0.4, -0.2) is 14.5 Å². The molecule has 0 unspecified atom stereocenters. The molecule has 11 aromatic rings. The standard InChI is InChI=1S/C42H23N3S2/c1-2-9-25(10-3-1)39-38-29-13-5-7-16-35(29)47-42(38)44-41(43-39)26-17-20-27(21-18-26)45-32-14-8-11-24-19-22-30-37(36(24)32)33(45)23-31-28-12-4-6-15-34(28)46-40(30)31/h1-23H. The van der Waals surface area contributed by atoms with E-state index in [0.717, 1.165) is 38.5 Å². The number of hydrogen-bond acceptors (Lipinski definition) is 4. The molecule has 7 aromatic carbocycles. The number of thiophene rings is 2. The normalized spacial score (nSPS) is 12.3. The minimum absolute atomic E-state index is 0.745. The molecule has 47 heavy (non-hydrogen) atoms. The highest BCUT2D eigenvalue weighted by atomic mass is 32.1. The van der Waals surface area contributed by atoms with Crippen LogP contribution in [0, 0.1) is 0 Å². The molecule has 0 aliphatic carbocycles. The highest BCUT2D eigenvalue weighted by Crippen LogP contribution is 2.46. The molecule has 0 saturated carbocycles. The molecule has 0 atom stereocenters. The molecule has 0 aliphatic heterocycles. The summed E-state index contributed by atoms with van der Waals surface area (Å²) in [6, 6.07) is 50.3. The average molecular weight is 634 g/mol. The Kier molecular flexibility index (Phi) is 5.14. The third kappa shape index (κ3) is 3.55. The van der Waals surface area contributed by atoms with Crippen LogP contribution < -0.4 is 0 Å². The van der Waals surface area contributed by atoms with Crippen molar-refractivity contribution in [3.8, 4) is 28.3 Å². The largest absolute Gasteiger partial charge is 0.309 e. The van der Waals surface area contributed by atoms with E-state index in [1.807, 2.05) is 11.3 Å². The monoisotopic (exact) mass is 633 g/mol. The molecule has 5 heteroatoms. The molecular weight excluding hydrogens is 611 g/mol. The molecule has 4 aromatic heterocycles. The topological polar surface area (TPSA) is 30.7 Å². The first kappa shape index (κ1) is 25.6. The van der Waals surface area contributed by atoms with E-state index in [4.69, 9.17) is 9.97 Å². The van der Waals surface area contributed by atoms with E-state index < -0.39 is 0 Å². The average Bonchev–Trinajstić information content (AvgIpc) is 3.81. The number of nitrogens with zero attached hydrogens (tertiary/aromatic N) is 3. The third-order valence-corrected chi connectivity index (χ3v) is 11.9. The second-order valence-corrected chi connectivity index (χ2v) is 14.2. The Balaban J connectivity index is 1.14. The second-order valence-electron chi connectivity index (χ2n) is 12.2. The highest BCUT2D eigenvalue weighted by molar-refractivity contribution is 7.26. The van der Waals surface area contributed by atoms with Crippen LogP contribution in [-0.2, 0) is 0 Å². The lowest BCUT2D eigenvalue weighted by atomic mass is 10.00. The quantitative estimate of drug-likeness (QED) is 0.181. The Bertz CT molecular complexity index is 3000. The molecule has 0 saturated heterocycles. The van der Waals surface area contributed by atoms with Crippen molar-refractivity contribution in [3.63, 3.8) is 0 Å². The van der Waals surface area contributed by atoms with Crippen LogP contribution in [0.25, 0.3) is 101 Å². The Labute approximate surface area is 276 Å². The van der Waals surface area contributed by atoms with Gasteiger partial charge in [-0.25, -0.2) is 9.97 Å². The first-order valence-corrected chi connectivity index (χ1v) is 17.4. The van der Waals surface area contributed by atoms with Gasteiger partial charge in [0.15, 0.2) is 5.82 Å². The summed E-state index contributed by atoms with van der Waals surface area (Å²) in [4.78, 5) is 11.4. The molecular formula is C42H23N3S2. The van der Waals surface area contributed by atoms with Gasteiger partial charge in [0.1, 0.15) is 4.83 Å². The fourth-order valence-corrected chi connectivity index (χ4v) is 9.81. The van der Waals surface area contributed by atoms with Gasteiger partial charge in [0.05, 0.1) is 16.7 Å². The van der Waals surface area contributed by atoms with Crippen molar-refractivity contribution in [2.75, 3.05) is 0 Å². The number of benzene rings is 7. The summed E-state index contributed by atoms with van der Waals surface area (Å²) in [6.07, 6.45) is 0. The lowest BCUT2D eigenvalue weighted by Gasteiger charge is -2.10. The molecule has 4 heterocycles. The summed E-state index contributed by atoms with van der Waals surface area (Å²) < 4.78 is 6.36. The summed E-state index contributed by atoms with van der Waals surface area (Å²) in [5.74, 6) is 0.745. The van der Waals surface area contributed by atoms with Crippen LogP contribution in [0.1, 0.15) is 0 Å². The van der Waals surface area contributed by atoms with Crippen molar-refractivity contribution in [1.29, 1.82) is 0 Å². The lowest BCUT2D eigenvalue weighted by molar-refractivity contribution is 1.18. The lowest BCUT2D eigenvalue weighted by Crippen LogP contribution is -1.96. The van der Waals surface area contributed by atoms with E-state index in [2.05, 4.69) is 144 Å². The van der Waals surface area contributed by atoms with Gasteiger partial charge in [-0.05, 0) is 53.9 Å². The van der Waals surface area contributed by atoms with Crippen LogP contribution in [0.4, 0.5) is 0 Å². The fourth-order valence-electron chi connectivity index (χ4n) is 7.52. The maximum Gasteiger partial charge on any atom is 0.161 e. The van der Waals surface area contributed by atoms with Gasteiger partial charge in [-0.1, -0.05) is 91.0 Å². The predicted molar refractivity (Wildman–Crippen MR) is 202 cm³/mol. The number of aromatic nitrogens is 3. The second kappa shape index (κ2) is 9.46. The van der Waals surface area contributed by atoms with Gasteiger partial charge >= 0.3 is 0 Å². The molecule has 3 nitrogen and oxygen atoms in total. The Hall–Kier alpha value is -5.62. The Morgan fingerprint density at radius 3 is 2.09 bits per heavy atom. The molecule has 11 rings (SSSR count). The summed E-state index contributed by atoms with van der Waals surface area (Å²) in [7, 11) is 0. The van der Waals surface area contributed by atoms with Gasteiger partial charge in [-0.2, -0.15) is 0 Å². The van der Waals surface area contributed by atoms with Crippen molar-refractivity contribution in [3.05, 3.63) is 140 Å². The van der Waals surface area contributed by atoms with Crippen molar-refractivity contribution in [1.82, 2.24) is 14.5 Å². The molecule has 218 valence electrons. The van der Waals surface area contributed by atoms with Gasteiger partial charge in [0.2, 0.25) is 0 Å². The molecule has 0 amide bonds. The minimum atomic E-state index is 0.745. The molecule has 0 aliphatic rings. The minimum Gasteiger partial charge on any atom is -0.309 e. The van der Waals surface area contributed by atoms with E-state index in [1.54, 1.807) is 11.3 Å². The van der Waals surface area contributed by atoms with Gasteiger partial charge < -0.3 is 4.57 Å². The zero-order valence-electron chi connectivity index (χ0n) is 24.9. The van der Waals surface area contributed by atoms with Crippen LogP contribution in [0.3, 0.4) is 0 Å². The van der Waals surface area contributed by atoms with Crippen LogP contribution in [0.2, 0.25) is 0 Å². The molecule has 0 spiro atoms. The highest BCUT2D eigenvalue weighted by Gasteiger charge is 2.21. The van der Waals surface area contributed by atoms with Gasteiger partial charge in [-0.3, -0.25) is 0 Å². The molecule has 0 fully saturated rings. The van der Waals surface area contributed by atoms with E-state index in [0.29, 0.717) is 0 Å². The fraction of sp³-hybridized carbons (Fsp3) is 0. The maximum absolute atomic E-state index is 5.23. The van der Waals surface area contributed by atoms with Crippen molar-refractivity contribution >= 4 is 95.7 Å². The van der Waals surface area contributed by atoms with Crippen molar-refractivity contribution in [2.24, 2.45) is 0 Å². The van der Waals surface area contributed by atoms with Crippen LogP contribution in [0.15, 0.2) is 140 Å². The van der Waals surface area contributed by atoms with Crippen LogP contribution in [0.5, 0.6) is 0 Å². The Morgan fingerprint density at radius 2 is 1.23 bits per heavy atom. The Morgan fingerprint density at radius 1 is 0.468 bits per heavy atom. The summed E-state index contributed by atoms with van der Waals surface area (Å²) in [6.45, 7) is 0. The maximum atomic E-state index is 5.23. The van der Waals surface area contributed by atoms with Gasteiger partial charge in [-0.15, -0.1) is 22.7 Å². The summed E-state index contributed by atoms with van der Waals surface area (Å²) in [5, 5.41) is 10.2. The smallest absolute Gasteiger partial charge is 0.161 e. The number of rotatable bonds is 3. The van der Waals surface area contributed by atoms with Gasteiger partial charge in [0.25, 0.3) is 0 Å². The molecule has 0 bridgehead atoms. The van der Waals surface area contributed by atoms with E-state index in [-0.39, 0.29) is 0 Å². The van der Waals surface area contributed by atoms with E-state index >= 15 is 0 Å². The number of fused-ring (bicyclic) bond motifs is 7. The first-order chi connectivity index (χ1) is 23.3. The SMILES string of the molecule is c1ccc(-c2nc(-c3ccc(-n4c5cccc6ccc7c8sc9ccccc9c8cc4c7c65)cc3)nc3sc4ccccc4c23)cc1. The van der Waals surface area contributed by atoms with Gasteiger partial charge in [0, 0.05) is 68.6 Å². The molecule has 0 N–H and O–H groups in total. The summed E-state index contributed by atoms with van der Waals surface area (Å²) >= 11 is 3.63. The summed E-state index contributed by atoms with van der Waals surface area (Å²) in [5.41, 5.74) is 6.68. The number of hydrogen-bond donors (Lipinski definition) is 0.